The SMILES string of the molecule is CC[C@@H]1[C@@H](NC(=O)C2CC2)[C@@](F)(Cc2ccccc2)C(=O)N1c1ccc2c(cnn2-c2ccc(F)cc2)c1.CC[C@@H]1[C@@H](NC(=O)C2CC2)[C@H](Cc2ccccc2)C(=O)N1c1ccc2c(cnn2-c2ccc(F)cc2)c1. The van der Waals surface area contributed by atoms with Crippen molar-refractivity contribution in [1.82, 2.24) is 30.2 Å². The number of benzene rings is 6. The number of nitrogens with zero attached hydrogens (tertiary/aromatic N) is 6. The number of nitrogens with one attached hydrogen (secondary N) is 2. The van der Waals surface area contributed by atoms with Gasteiger partial charge in [0.2, 0.25) is 23.4 Å². The Balaban J connectivity index is 0.000000161. The van der Waals surface area contributed by atoms with E-state index in [2.05, 4.69) is 27.8 Å². The number of carbonyl (C=O) groups excluding carboxylic acids is 4. The van der Waals surface area contributed by atoms with Gasteiger partial charge in [-0.1, -0.05) is 74.5 Å². The van der Waals surface area contributed by atoms with Crippen LogP contribution in [0.4, 0.5) is 24.5 Å². The zero-order valence-electron chi connectivity index (χ0n) is 41.7. The maximum absolute atomic E-state index is 17.0. The van der Waals surface area contributed by atoms with Crippen LogP contribution in [-0.2, 0) is 32.0 Å². The van der Waals surface area contributed by atoms with Gasteiger partial charge in [0, 0.05) is 40.4 Å². The number of fused-ring (bicyclic) bond motifs is 2. The van der Waals surface area contributed by atoms with Crippen molar-refractivity contribution in [2.45, 2.75) is 95.1 Å². The first-order valence-corrected chi connectivity index (χ1v) is 25.9. The molecular weight excluding hydrogens is 954 g/mol. The molecule has 2 N–H and O–H groups in total. The van der Waals surface area contributed by atoms with Gasteiger partial charge in [-0.2, -0.15) is 10.2 Å². The highest BCUT2D eigenvalue weighted by molar-refractivity contribution is 6.06. The van der Waals surface area contributed by atoms with Crippen LogP contribution < -0.4 is 20.4 Å². The van der Waals surface area contributed by atoms with Gasteiger partial charge in [0.05, 0.1) is 64.9 Å². The molecule has 2 aromatic heterocycles. The van der Waals surface area contributed by atoms with E-state index < -0.39 is 23.7 Å². The molecule has 2 saturated heterocycles. The molecule has 0 bridgehead atoms. The molecule has 4 fully saturated rings. The Morgan fingerprint density at radius 2 is 1.05 bits per heavy atom. The third-order valence-corrected chi connectivity index (χ3v) is 15.3. The quantitative estimate of drug-likeness (QED) is 0.111. The molecular formula is C60H57F3N8O4. The molecule has 4 aliphatic rings. The molecule has 6 aromatic carbocycles. The number of carbonyl (C=O) groups is 4. The fourth-order valence-electron chi connectivity index (χ4n) is 11.1. The van der Waals surface area contributed by atoms with Crippen LogP contribution in [-0.4, -0.2) is 73.0 Å². The van der Waals surface area contributed by atoms with Gasteiger partial charge in [-0.05, 0) is 141 Å². The van der Waals surface area contributed by atoms with E-state index in [-0.39, 0.29) is 65.6 Å². The average molecular weight is 1010 g/mol. The highest BCUT2D eigenvalue weighted by atomic mass is 19.1. The molecule has 0 unspecified atom stereocenters. The molecule has 4 amide bonds. The van der Waals surface area contributed by atoms with Crippen LogP contribution in [0.2, 0.25) is 0 Å². The van der Waals surface area contributed by atoms with E-state index in [1.54, 1.807) is 64.2 Å². The molecule has 6 atom stereocenters. The Morgan fingerprint density at radius 1 is 0.587 bits per heavy atom. The summed E-state index contributed by atoms with van der Waals surface area (Å²) in [7, 11) is 0. The minimum absolute atomic E-state index is 0.0297. The molecule has 2 aliphatic carbocycles. The number of anilines is 2. The van der Waals surface area contributed by atoms with Crippen molar-refractivity contribution in [2.24, 2.45) is 17.8 Å². The van der Waals surface area contributed by atoms with Crippen molar-refractivity contribution in [1.29, 1.82) is 0 Å². The fraction of sp³-hybridized carbons (Fsp3) is 0.300. The first kappa shape index (κ1) is 49.2. The number of rotatable bonds is 14. The van der Waals surface area contributed by atoms with E-state index >= 15 is 4.39 Å². The van der Waals surface area contributed by atoms with E-state index in [1.165, 1.54) is 29.2 Å². The van der Waals surface area contributed by atoms with Crippen molar-refractivity contribution in [3.63, 3.8) is 0 Å². The van der Waals surface area contributed by atoms with E-state index in [1.807, 2.05) is 90.7 Å². The van der Waals surface area contributed by atoms with Gasteiger partial charge in [0.25, 0.3) is 5.91 Å². The Bertz CT molecular complexity index is 3400. The number of aromatic nitrogens is 4. The lowest BCUT2D eigenvalue weighted by Crippen LogP contribution is -2.55. The van der Waals surface area contributed by atoms with Crippen molar-refractivity contribution < 1.29 is 32.3 Å². The lowest BCUT2D eigenvalue weighted by molar-refractivity contribution is -0.130. The summed E-state index contributed by atoms with van der Waals surface area (Å²) in [4.78, 5) is 56.9. The molecule has 0 spiro atoms. The zero-order valence-corrected chi connectivity index (χ0v) is 41.7. The van der Waals surface area contributed by atoms with Gasteiger partial charge in [0.15, 0.2) is 0 Å². The first-order chi connectivity index (χ1) is 36.4. The van der Waals surface area contributed by atoms with E-state index in [4.69, 9.17) is 0 Å². The van der Waals surface area contributed by atoms with Crippen LogP contribution in [0.25, 0.3) is 33.2 Å². The summed E-state index contributed by atoms with van der Waals surface area (Å²) >= 11 is 0. The molecule has 0 radical (unpaired) electrons. The number of hydrogen-bond donors (Lipinski definition) is 2. The topological polar surface area (TPSA) is 134 Å². The van der Waals surface area contributed by atoms with Gasteiger partial charge >= 0.3 is 0 Å². The Hall–Kier alpha value is -8.07. The predicted octanol–water partition coefficient (Wildman–Crippen LogP) is 10.2. The highest BCUT2D eigenvalue weighted by Gasteiger charge is 2.61. The lowest BCUT2D eigenvalue weighted by atomic mass is 9.87. The van der Waals surface area contributed by atoms with E-state index in [9.17, 15) is 28.0 Å². The second-order valence-electron chi connectivity index (χ2n) is 20.3. The molecule has 4 heterocycles. The molecule has 2 aliphatic heterocycles. The smallest absolute Gasteiger partial charge is 0.267 e. The van der Waals surface area contributed by atoms with Gasteiger partial charge in [0.1, 0.15) is 11.6 Å². The third kappa shape index (κ3) is 9.67. The molecule has 382 valence electrons. The fourth-order valence-corrected chi connectivity index (χ4v) is 11.1. The molecule has 2 saturated carbocycles. The van der Waals surface area contributed by atoms with E-state index in [0.717, 1.165) is 70.8 Å². The van der Waals surface area contributed by atoms with Gasteiger partial charge in [-0.3, -0.25) is 19.2 Å². The maximum Gasteiger partial charge on any atom is 0.267 e. The van der Waals surface area contributed by atoms with Crippen LogP contribution in [0.3, 0.4) is 0 Å². The van der Waals surface area contributed by atoms with Crippen molar-refractivity contribution in [3.8, 4) is 11.4 Å². The Kier molecular flexibility index (Phi) is 13.3. The standard InChI is InChI=1S/C30H28F2N4O2.C30H29FN4O2/c1-2-25-27(34-28(37)20-8-9-20)30(32,17-19-6-4-3-5-7-19)29(38)35(25)24-14-15-26-21(16-24)18-33-36(26)23-12-10-22(31)11-13-23;1-2-26-28(33-29(36)20-8-9-20)25(16-19-6-4-3-5-7-19)30(37)34(26)24-14-15-27-21(17-24)18-32-35(27)23-12-10-22(31)11-13-23/h3-7,10-16,18,20,25,27H,2,8-9,17H2,1H3,(H,34,37);3-7,10-15,17-18,20,25-26,28H,2,8-9,16H2,1H3,(H,33,36)/t25-,27-,30+;25-,26+,28-/m10/s1. The zero-order chi connectivity index (χ0) is 52.0. The van der Waals surface area contributed by atoms with E-state index in [0.29, 0.717) is 29.8 Å². The normalized spacial score (nSPS) is 22.4. The summed E-state index contributed by atoms with van der Waals surface area (Å²) in [6.07, 6.45) is 8.50. The third-order valence-electron chi connectivity index (χ3n) is 15.3. The first-order valence-electron chi connectivity index (χ1n) is 25.9. The second-order valence-corrected chi connectivity index (χ2v) is 20.3. The molecule has 15 heteroatoms. The van der Waals surface area contributed by atoms with Gasteiger partial charge in [-0.15, -0.1) is 0 Å². The summed E-state index contributed by atoms with van der Waals surface area (Å²) in [6, 6.07) is 40.6. The summed E-state index contributed by atoms with van der Waals surface area (Å²) in [5, 5.41) is 16.8. The highest BCUT2D eigenvalue weighted by Crippen LogP contribution is 2.42. The average Bonchev–Trinajstić information content (AvgIpc) is 4.37. The van der Waals surface area contributed by atoms with Crippen molar-refractivity contribution >= 4 is 56.8 Å². The minimum Gasteiger partial charge on any atom is -0.350 e. The summed E-state index contributed by atoms with van der Waals surface area (Å²) in [5.41, 5.74) is 3.94. The number of hydrogen-bond acceptors (Lipinski definition) is 6. The molecule has 12 rings (SSSR count). The number of amides is 4. The minimum atomic E-state index is -2.29. The summed E-state index contributed by atoms with van der Waals surface area (Å²) < 4.78 is 47.3. The van der Waals surface area contributed by atoms with Crippen LogP contribution in [0, 0.1) is 29.4 Å². The van der Waals surface area contributed by atoms with Gasteiger partial charge in [-0.25, -0.2) is 22.5 Å². The Labute approximate surface area is 432 Å². The van der Waals surface area contributed by atoms with Crippen LogP contribution in [0.5, 0.6) is 0 Å². The van der Waals surface area contributed by atoms with Crippen molar-refractivity contribution in [2.75, 3.05) is 9.80 Å². The predicted molar refractivity (Wildman–Crippen MR) is 282 cm³/mol. The monoisotopic (exact) mass is 1010 g/mol. The summed E-state index contributed by atoms with van der Waals surface area (Å²) in [5.74, 6) is -1.75. The number of alkyl halides is 1. The van der Waals surface area contributed by atoms with Crippen molar-refractivity contribution in [3.05, 3.63) is 181 Å². The van der Waals surface area contributed by atoms with Crippen LogP contribution >= 0.6 is 0 Å². The maximum atomic E-state index is 17.0. The Morgan fingerprint density at radius 3 is 1.55 bits per heavy atom. The molecule has 12 nitrogen and oxygen atoms in total. The second kappa shape index (κ2) is 20.3. The van der Waals surface area contributed by atoms with Crippen LogP contribution in [0.1, 0.15) is 63.5 Å². The molecule has 75 heavy (non-hydrogen) atoms. The molecule has 8 aromatic rings. The van der Waals surface area contributed by atoms with Gasteiger partial charge < -0.3 is 20.4 Å². The largest absolute Gasteiger partial charge is 0.350 e. The summed E-state index contributed by atoms with van der Waals surface area (Å²) in [6.45, 7) is 3.97. The van der Waals surface area contributed by atoms with Crippen LogP contribution in [0.15, 0.2) is 158 Å². The lowest BCUT2D eigenvalue weighted by Gasteiger charge is -2.29. The number of halogens is 3.